The molecule has 0 radical (unpaired) electrons. The number of nitrogens with two attached hydrogens (primary N) is 1. The third kappa shape index (κ3) is 3.05. The van der Waals surface area contributed by atoms with Crippen LogP contribution >= 0.6 is 0 Å². The predicted molar refractivity (Wildman–Crippen MR) is 24.6 cm³/mol. The Morgan fingerprint density at radius 3 is 2.71 bits per heavy atom. The Hall–Kier alpha value is -0.770. The molecule has 4 nitrogen and oxygen atoms in total. The molecule has 0 aliphatic heterocycles. The Labute approximate surface area is 41.6 Å². The normalized spacial score (nSPS) is 7.71. The van der Waals surface area contributed by atoms with E-state index in [1.54, 1.807) is 0 Å². The van der Waals surface area contributed by atoms with Gasteiger partial charge in [-0.1, -0.05) is 0 Å². The average molecular weight is 104 g/mol. The third-order valence-electron chi connectivity index (χ3n) is 0.419. The molecule has 0 spiro atoms. The number of rotatable bonds is 1. The van der Waals surface area contributed by atoms with E-state index in [9.17, 15) is 4.79 Å². The van der Waals surface area contributed by atoms with Crippen LogP contribution in [0.5, 0.6) is 0 Å². The lowest BCUT2D eigenvalue weighted by atomic mass is 11.1. The van der Waals surface area contributed by atoms with E-state index in [0.717, 1.165) is 0 Å². The first kappa shape index (κ1) is 6.23. The van der Waals surface area contributed by atoms with Gasteiger partial charge in [0.05, 0.1) is 0 Å². The minimum atomic E-state index is -0.498. The molecule has 1 amide bonds. The van der Waals surface area contributed by atoms with Crippen LogP contribution in [0.15, 0.2) is 0 Å². The standard InChI is InChI=1S/C3H8N2O2/c1-5-3(6)7-2-4/h2,4H2,1H3,(H,5,6). The van der Waals surface area contributed by atoms with Crippen molar-refractivity contribution in [2.24, 2.45) is 5.73 Å². The number of carbonyl (C=O) groups is 1. The SMILES string of the molecule is CNC(=O)OCN. The Morgan fingerprint density at radius 2 is 2.57 bits per heavy atom. The molecule has 0 atom stereocenters. The Kier molecular flexibility index (Phi) is 3.04. The molecule has 0 aliphatic rings. The van der Waals surface area contributed by atoms with Crippen LogP contribution in [0.25, 0.3) is 0 Å². The van der Waals surface area contributed by atoms with Crippen molar-refractivity contribution in [3.8, 4) is 0 Å². The first-order valence-corrected chi connectivity index (χ1v) is 1.86. The van der Waals surface area contributed by atoms with Crippen LogP contribution in [0.4, 0.5) is 4.79 Å². The summed E-state index contributed by atoms with van der Waals surface area (Å²) >= 11 is 0. The Morgan fingerprint density at radius 1 is 2.00 bits per heavy atom. The number of hydrogen-bond acceptors (Lipinski definition) is 3. The van der Waals surface area contributed by atoms with Crippen molar-refractivity contribution in [1.82, 2.24) is 5.32 Å². The lowest BCUT2D eigenvalue weighted by molar-refractivity contribution is 0.151. The molecule has 0 aromatic carbocycles. The maximum Gasteiger partial charge on any atom is 0.408 e. The molecule has 0 aliphatic carbocycles. The summed E-state index contributed by atoms with van der Waals surface area (Å²) in [5, 5.41) is 2.22. The lowest BCUT2D eigenvalue weighted by Crippen LogP contribution is -2.22. The van der Waals surface area contributed by atoms with Gasteiger partial charge in [0, 0.05) is 7.05 Å². The van der Waals surface area contributed by atoms with Crippen LogP contribution in [-0.4, -0.2) is 19.9 Å². The molecule has 0 bridgehead atoms. The molecule has 0 saturated carbocycles. The quantitative estimate of drug-likeness (QED) is 0.430. The van der Waals surface area contributed by atoms with E-state index >= 15 is 0 Å². The fourth-order valence-corrected chi connectivity index (χ4v) is 0.148. The number of carbonyl (C=O) groups excluding carboxylic acids is 1. The molecule has 0 aromatic rings. The minimum absolute atomic E-state index is 0.0698. The smallest absolute Gasteiger partial charge is 0.408 e. The molecule has 0 heterocycles. The van der Waals surface area contributed by atoms with E-state index in [2.05, 4.69) is 10.1 Å². The zero-order valence-electron chi connectivity index (χ0n) is 4.10. The maximum atomic E-state index is 10.00. The van der Waals surface area contributed by atoms with Gasteiger partial charge in [-0.3, -0.25) is 5.73 Å². The van der Waals surface area contributed by atoms with Crippen molar-refractivity contribution in [1.29, 1.82) is 0 Å². The van der Waals surface area contributed by atoms with Crippen LogP contribution in [0.1, 0.15) is 0 Å². The molecular formula is C3H8N2O2. The van der Waals surface area contributed by atoms with Crippen LogP contribution < -0.4 is 11.1 Å². The largest absolute Gasteiger partial charge is 0.434 e. The van der Waals surface area contributed by atoms with E-state index in [1.165, 1.54) is 7.05 Å². The summed E-state index contributed by atoms with van der Waals surface area (Å²) in [5.74, 6) is 0. The van der Waals surface area contributed by atoms with Gasteiger partial charge in [-0.2, -0.15) is 0 Å². The summed E-state index contributed by atoms with van der Waals surface area (Å²) in [7, 11) is 1.47. The number of ether oxygens (including phenoxy) is 1. The van der Waals surface area contributed by atoms with Crippen molar-refractivity contribution in [2.75, 3.05) is 13.8 Å². The number of hydrogen-bond donors (Lipinski definition) is 2. The predicted octanol–water partition coefficient (Wildman–Crippen LogP) is -0.741. The van der Waals surface area contributed by atoms with Crippen LogP contribution in [0.3, 0.4) is 0 Å². The minimum Gasteiger partial charge on any atom is -0.434 e. The fourth-order valence-electron chi connectivity index (χ4n) is 0.148. The van der Waals surface area contributed by atoms with Gasteiger partial charge < -0.3 is 10.1 Å². The molecule has 0 rings (SSSR count). The van der Waals surface area contributed by atoms with E-state index in [-0.39, 0.29) is 6.73 Å². The summed E-state index contributed by atoms with van der Waals surface area (Å²) in [5.41, 5.74) is 4.82. The molecule has 0 unspecified atom stereocenters. The second kappa shape index (κ2) is 3.42. The van der Waals surface area contributed by atoms with Gasteiger partial charge in [0.25, 0.3) is 0 Å². The first-order valence-electron chi connectivity index (χ1n) is 1.86. The monoisotopic (exact) mass is 104 g/mol. The summed E-state index contributed by atoms with van der Waals surface area (Å²) in [6.45, 7) is -0.0698. The summed E-state index contributed by atoms with van der Waals surface area (Å²) in [4.78, 5) is 10.00. The highest BCUT2D eigenvalue weighted by atomic mass is 16.6. The average Bonchev–Trinajstić information content (AvgIpc) is 1.68. The lowest BCUT2D eigenvalue weighted by Gasteiger charge is -1.95. The zero-order valence-corrected chi connectivity index (χ0v) is 4.10. The topological polar surface area (TPSA) is 64.3 Å². The molecule has 0 saturated heterocycles. The Balaban J connectivity index is 3.00. The second-order valence-electron chi connectivity index (χ2n) is 0.848. The van der Waals surface area contributed by atoms with Gasteiger partial charge in [-0.15, -0.1) is 0 Å². The van der Waals surface area contributed by atoms with Crippen molar-refractivity contribution in [2.45, 2.75) is 0 Å². The molecule has 7 heavy (non-hydrogen) atoms. The van der Waals surface area contributed by atoms with E-state index in [1.807, 2.05) is 0 Å². The fraction of sp³-hybridized carbons (Fsp3) is 0.667. The van der Waals surface area contributed by atoms with E-state index in [0.29, 0.717) is 0 Å². The van der Waals surface area contributed by atoms with Crippen molar-refractivity contribution in [3.63, 3.8) is 0 Å². The molecular weight excluding hydrogens is 96.0 g/mol. The maximum absolute atomic E-state index is 10.00. The van der Waals surface area contributed by atoms with Crippen LogP contribution in [-0.2, 0) is 4.74 Å². The summed E-state index contributed by atoms with van der Waals surface area (Å²) in [6, 6.07) is 0. The molecule has 3 N–H and O–H groups in total. The van der Waals surface area contributed by atoms with Gasteiger partial charge in [-0.25, -0.2) is 4.79 Å². The summed E-state index contributed by atoms with van der Waals surface area (Å²) < 4.78 is 4.22. The molecule has 4 heteroatoms. The van der Waals surface area contributed by atoms with Crippen molar-refractivity contribution >= 4 is 6.09 Å². The van der Waals surface area contributed by atoms with Crippen LogP contribution in [0, 0.1) is 0 Å². The Bertz CT molecular complexity index is 64.0. The van der Waals surface area contributed by atoms with Crippen molar-refractivity contribution < 1.29 is 9.53 Å². The van der Waals surface area contributed by atoms with E-state index < -0.39 is 6.09 Å². The number of nitrogens with one attached hydrogen (secondary N) is 1. The highest BCUT2D eigenvalue weighted by molar-refractivity contribution is 5.66. The summed E-state index contributed by atoms with van der Waals surface area (Å²) in [6.07, 6.45) is -0.498. The van der Waals surface area contributed by atoms with Crippen molar-refractivity contribution in [3.05, 3.63) is 0 Å². The molecule has 0 aromatic heterocycles. The van der Waals surface area contributed by atoms with Crippen LogP contribution in [0.2, 0.25) is 0 Å². The van der Waals surface area contributed by atoms with Gasteiger partial charge >= 0.3 is 6.09 Å². The first-order chi connectivity index (χ1) is 3.31. The van der Waals surface area contributed by atoms with Gasteiger partial charge in [0.15, 0.2) is 0 Å². The van der Waals surface area contributed by atoms with Gasteiger partial charge in [0.1, 0.15) is 6.73 Å². The number of alkyl carbamates (subject to hydrolysis) is 1. The highest BCUT2D eigenvalue weighted by Gasteiger charge is 1.89. The zero-order chi connectivity index (χ0) is 5.70. The van der Waals surface area contributed by atoms with Gasteiger partial charge in [0.2, 0.25) is 0 Å². The molecule has 42 valence electrons. The second-order valence-corrected chi connectivity index (χ2v) is 0.848. The highest BCUT2D eigenvalue weighted by Crippen LogP contribution is 1.66. The van der Waals surface area contributed by atoms with E-state index in [4.69, 9.17) is 5.73 Å². The van der Waals surface area contributed by atoms with Gasteiger partial charge in [-0.05, 0) is 0 Å². The number of amides is 1. The third-order valence-corrected chi connectivity index (χ3v) is 0.419. The molecule has 0 fully saturated rings.